The van der Waals surface area contributed by atoms with Crippen LogP contribution < -0.4 is 11.3 Å². The fourth-order valence-corrected chi connectivity index (χ4v) is 0.707. The molecule has 0 aliphatic rings. The predicted octanol–water partition coefficient (Wildman–Crippen LogP) is 1.28. The third kappa shape index (κ3) is 3.34. The van der Waals surface area contributed by atoms with Gasteiger partial charge in [-0.2, -0.15) is 0 Å². The Morgan fingerprint density at radius 2 is 2.08 bits per heavy atom. The van der Waals surface area contributed by atoms with Gasteiger partial charge in [0, 0.05) is 5.57 Å². The Kier molecular flexibility index (Phi) is 5.04. The monoisotopic (exact) mass is 168 g/mol. The summed E-state index contributed by atoms with van der Waals surface area (Å²) in [4.78, 5) is 11.0. The van der Waals surface area contributed by atoms with Crippen molar-refractivity contribution < 1.29 is 4.79 Å². The molecule has 0 saturated heterocycles. The zero-order chi connectivity index (χ0) is 9.56. The number of allylic oxidation sites excluding steroid dienone is 3. The Balaban J connectivity index is 4.46. The van der Waals surface area contributed by atoms with Crippen LogP contribution in [0.2, 0.25) is 0 Å². The van der Waals surface area contributed by atoms with Crippen molar-refractivity contribution in [2.75, 3.05) is 0 Å². The number of amides is 1. The van der Waals surface area contributed by atoms with Crippen molar-refractivity contribution in [2.24, 2.45) is 5.84 Å². The number of hydrogen-bond acceptors (Lipinski definition) is 2. The average molecular weight is 168 g/mol. The second-order valence-electron chi connectivity index (χ2n) is 2.59. The number of carbonyl (C=O) groups is 1. The van der Waals surface area contributed by atoms with Crippen molar-refractivity contribution in [1.29, 1.82) is 0 Å². The third-order valence-corrected chi connectivity index (χ3v) is 1.67. The van der Waals surface area contributed by atoms with E-state index in [4.69, 9.17) is 5.84 Å². The van der Waals surface area contributed by atoms with E-state index in [-0.39, 0.29) is 5.91 Å². The molecule has 3 N–H and O–H groups in total. The van der Waals surface area contributed by atoms with E-state index in [2.05, 4.69) is 5.43 Å². The predicted molar refractivity (Wildman–Crippen MR) is 50.1 cm³/mol. The largest absolute Gasteiger partial charge is 0.290 e. The van der Waals surface area contributed by atoms with Crippen molar-refractivity contribution in [1.82, 2.24) is 5.43 Å². The smallest absolute Gasteiger partial charge is 0.261 e. The first-order valence-corrected chi connectivity index (χ1v) is 3.98. The maximum absolute atomic E-state index is 11.0. The van der Waals surface area contributed by atoms with Crippen LogP contribution >= 0.6 is 0 Å². The van der Waals surface area contributed by atoms with Crippen molar-refractivity contribution in [3.05, 3.63) is 23.3 Å². The molecule has 3 heteroatoms. The number of carbonyl (C=O) groups excluding carboxylic acids is 1. The summed E-state index contributed by atoms with van der Waals surface area (Å²) in [5, 5.41) is 0. The second kappa shape index (κ2) is 5.55. The molecular formula is C9H16N2O. The molecule has 0 unspecified atom stereocenters. The molecule has 0 aromatic rings. The van der Waals surface area contributed by atoms with Gasteiger partial charge in [0.2, 0.25) is 0 Å². The van der Waals surface area contributed by atoms with Crippen LogP contribution in [-0.2, 0) is 4.79 Å². The standard InChI is InChI=1S/C9H16N2O/c1-4-5-6-7(2)8(3)9(12)11-10/h5-6H,4,10H2,1-3H3,(H,11,12)/b6-5-,8-7?. The zero-order valence-corrected chi connectivity index (χ0v) is 7.85. The second-order valence-corrected chi connectivity index (χ2v) is 2.59. The van der Waals surface area contributed by atoms with Gasteiger partial charge in [-0.05, 0) is 25.8 Å². The van der Waals surface area contributed by atoms with Crippen molar-refractivity contribution in [3.63, 3.8) is 0 Å². The van der Waals surface area contributed by atoms with Gasteiger partial charge in [-0.25, -0.2) is 5.84 Å². The van der Waals surface area contributed by atoms with Crippen LogP contribution in [0.3, 0.4) is 0 Å². The molecule has 0 bridgehead atoms. The van der Waals surface area contributed by atoms with Gasteiger partial charge in [-0.15, -0.1) is 0 Å². The first-order valence-electron chi connectivity index (χ1n) is 3.98. The Morgan fingerprint density at radius 1 is 1.50 bits per heavy atom. The zero-order valence-electron chi connectivity index (χ0n) is 7.85. The van der Waals surface area contributed by atoms with Gasteiger partial charge in [-0.3, -0.25) is 10.2 Å². The SMILES string of the molecule is CC/C=C\C(C)=C(C)C(=O)NN. The normalized spacial score (nSPS) is 13.0. The highest BCUT2D eigenvalue weighted by molar-refractivity contribution is 5.93. The first kappa shape index (κ1) is 10.9. The molecule has 0 spiro atoms. The maximum atomic E-state index is 11.0. The molecule has 0 heterocycles. The lowest BCUT2D eigenvalue weighted by Crippen LogP contribution is -2.31. The maximum Gasteiger partial charge on any atom is 0.261 e. The molecule has 0 rings (SSSR count). The van der Waals surface area contributed by atoms with Crippen LogP contribution in [0.5, 0.6) is 0 Å². The summed E-state index contributed by atoms with van der Waals surface area (Å²) in [6.45, 7) is 5.68. The lowest BCUT2D eigenvalue weighted by molar-refractivity contribution is -0.117. The van der Waals surface area contributed by atoms with E-state index >= 15 is 0 Å². The Labute approximate surface area is 73.3 Å². The van der Waals surface area contributed by atoms with Crippen LogP contribution in [0.1, 0.15) is 27.2 Å². The van der Waals surface area contributed by atoms with E-state index in [1.807, 2.05) is 26.0 Å². The number of nitrogens with two attached hydrogens (primary N) is 1. The summed E-state index contributed by atoms with van der Waals surface area (Å²) in [6, 6.07) is 0. The van der Waals surface area contributed by atoms with E-state index < -0.39 is 0 Å². The molecule has 0 radical (unpaired) electrons. The fraction of sp³-hybridized carbons (Fsp3) is 0.444. The van der Waals surface area contributed by atoms with Crippen molar-refractivity contribution >= 4 is 5.91 Å². The average Bonchev–Trinajstić information content (AvgIpc) is 2.11. The van der Waals surface area contributed by atoms with Crippen LogP contribution in [0.4, 0.5) is 0 Å². The third-order valence-electron chi connectivity index (χ3n) is 1.67. The molecule has 0 aliphatic carbocycles. The van der Waals surface area contributed by atoms with Gasteiger partial charge in [0.15, 0.2) is 0 Å². The van der Waals surface area contributed by atoms with Crippen molar-refractivity contribution in [3.8, 4) is 0 Å². The summed E-state index contributed by atoms with van der Waals surface area (Å²) in [5.41, 5.74) is 3.69. The molecule has 3 nitrogen and oxygen atoms in total. The molecule has 0 aromatic heterocycles. The molecule has 12 heavy (non-hydrogen) atoms. The highest BCUT2D eigenvalue weighted by Crippen LogP contribution is 2.04. The molecule has 68 valence electrons. The van der Waals surface area contributed by atoms with E-state index in [1.54, 1.807) is 6.92 Å². The number of nitrogens with one attached hydrogen (secondary N) is 1. The highest BCUT2D eigenvalue weighted by Gasteiger charge is 2.02. The van der Waals surface area contributed by atoms with Crippen LogP contribution in [0.15, 0.2) is 23.3 Å². The van der Waals surface area contributed by atoms with Gasteiger partial charge in [-0.1, -0.05) is 19.1 Å². The lowest BCUT2D eigenvalue weighted by Gasteiger charge is -2.01. The molecular weight excluding hydrogens is 152 g/mol. The highest BCUT2D eigenvalue weighted by atomic mass is 16.2. The minimum absolute atomic E-state index is 0.228. The summed E-state index contributed by atoms with van der Waals surface area (Å²) in [5.74, 6) is 4.75. The molecule has 1 amide bonds. The van der Waals surface area contributed by atoms with E-state index in [0.717, 1.165) is 12.0 Å². The Bertz CT molecular complexity index is 217. The van der Waals surface area contributed by atoms with E-state index in [1.165, 1.54) is 0 Å². The van der Waals surface area contributed by atoms with Gasteiger partial charge in [0.25, 0.3) is 5.91 Å². The molecule has 0 saturated carbocycles. The van der Waals surface area contributed by atoms with Crippen LogP contribution in [-0.4, -0.2) is 5.91 Å². The summed E-state index contributed by atoms with van der Waals surface area (Å²) in [7, 11) is 0. The first-order chi connectivity index (χ1) is 5.63. The van der Waals surface area contributed by atoms with E-state index in [9.17, 15) is 4.79 Å². The molecule has 0 fully saturated rings. The summed E-state index contributed by atoms with van der Waals surface area (Å²) >= 11 is 0. The minimum Gasteiger partial charge on any atom is -0.290 e. The fourth-order valence-electron chi connectivity index (χ4n) is 0.707. The van der Waals surface area contributed by atoms with E-state index in [0.29, 0.717) is 5.57 Å². The Hall–Kier alpha value is -1.09. The summed E-state index contributed by atoms with van der Waals surface area (Å²) < 4.78 is 0. The van der Waals surface area contributed by atoms with Crippen molar-refractivity contribution in [2.45, 2.75) is 27.2 Å². The summed E-state index contributed by atoms with van der Waals surface area (Å²) in [6.07, 6.45) is 4.89. The van der Waals surface area contributed by atoms with Gasteiger partial charge in [0.1, 0.15) is 0 Å². The van der Waals surface area contributed by atoms with Crippen LogP contribution in [0, 0.1) is 0 Å². The molecule has 0 atom stereocenters. The van der Waals surface area contributed by atoms with Crippen LogP contribution in [0.25, 0.3) is 0 Å². The quantitative estimate of drug-likeness (QED) is 0.219. The minimum atomic E-state index is -0.228. The van der Waals surface area contributed by atoms with Gasteiger partial charge < -0.3 is 0 Å². The molecule has 0 aliphatic heterocycles. The number of rotatable bonds is 3. The lowest BCUT2D eigenvalue weighted by atomic mass is 10.1. The van der Waals surface area contributed by atoms with Gasteiger partial charge >= 0.3 is 0 Å². The van der Waals surface area contributed by atoms with Gasteiger partial charge in [0.05, 0.1) is 0 Å². The molecule has 0 aromatic carbocycles. The Morgan fingerprint density at radius 3 is 2.50 bits per heavy atom. The number of hydrazine groups is 1. The number of hydrogen-bond donors (Lipinski definition) is 2. The topological polar surface area (TPSA) is 55.1 Å².